The van der Waals surface area contributed by atoms with Crippen molar-refractivity contribution in [2.75, 3.05) is 38.1 Å². The van der Waals surface area contributed by atoms with Gasteiger partial charge in [0, 0.05) is 26.2 Å². The second kappa shape index (κ2) is 7.48. The molecule has 0 unspecified atom stereocenters. The summed E-state index contributed by atoms with van der Waals surface area (Å²) in [5.41, 5.74) is 5.86. The minimum absolute atomic E-state index is 0.225. The Morgan fingerprint density at radius 2 is 1.41 bits per heavy atom. The van der Waals surface area contributed by atoms with E-state index in [0.717, 1.165) is 42.9 Å². The summed E-state index contributed by atoms with van der Waals surface area (Å²) in [6.07, 6.45) is 0. The van der Waals surface area contributed by atoms with Gasteiger partial charge < -0.3 is 9.80 Å². The summed E-state index contributed by atoms with van der Waals surface area (Å²) in [4.78, 5) is 32.7. The average molecular weight is 389 g/mol. The van der Waals surface area contributed by atoms with Crippen LogP contribution in [0.25, 0.3) is 5.57 Å². The van der Waals surface area contributed by atoms with Crippen LogP contribution in [0.2, 0.25) is 0 Å². The maximum Gasteiger partial charge on any atom is 0.282 e. The lowest BCUT2D eigenvalue weighted by Gasteiger charge is -2.34. The first kappa shape index (κ1) is 19.4. The molecule has 150 valence electrons. The summed E-state index contributed by atoms with van der Waals surface area (Å²) in [5.74, 6) is -0.465. The highest BCUT2D eigenvalue weighted by Crippen LogP contribution is 2.35. The van der Waals surface area contributed by atoms with Gasteiger partial charge in [-0.3, -0.25) is 9.59 Å². The largest absolute Gasteiger partial charge is 0.364 e. The fourth-order valence-electron chi connectivity index (χ4n) is 3.93. The van der Waals surface area contributed by atoms with Gasteiger partial charge in [-0.15, -0.1) is 0 Å². The first-order chi connectivity index (χ1) is 13.9. The lowest BCUT2D eigenvalue weighted by molar-refractivity contribution is -0.120. The number of piperazine rings is 1. The van der Waals surface area contributed by atoms with Crippen LogP contribution in [0.4, 0.5) is 5.69 Å². The van der Waals surface area contributed by atoms with Crippen LogP contribution in [0.15, 0.2) is 48.2 Å². The van der Waals surface area contributed by atoms with E-state index in [0.29, 0.717) is 17.0 Å². The molecule has 2 aliphatic rings. The molecule has 0 aromatic heterocycles. The highest BCUT2D eigenvalue weighted by molar-refractivity contribution is 6.45. The van der Waals surface area contributed by atoms with Gasteiger partial charge >= 0.3 is 0 Å². The third-order valence-corrected chi connectivity index (χ3v) is 5.97. The molecular weight excluding hydrogens is 362 g/mol. The number of hydrogen-bond acceptors (Lipinski definition) is 4. The fraction of sp³-hybridized carbons (Fsp3) is 0.333. The van der Waals surface area contributed by atoms with Crippen molar-refractivity contribution in [2.45, 2.75) is 20.8 Å². The number of imide groups is 1. The molecule has 0 saturated carbocycles. The topological polar surface area (TPSA) is 43.9 Å². The Labute approximate surface area is 172 Å². The lowest BCUT2D eigenvalue weighted by Crippen LogP contribution is -2.46. The van der Waals surface area contributed by atoms with Gasteiger partial charge in [-0.25, -0.2) is 4.90 Å². The van der Waals surface area contributed by atoms with E-state index in [2.05, 4.69) is 23.8 Å². The molecule has 0 N–H and O–H groups in total. The van der Waals surface area contributed by atoms with Crippen molar-refractivity contribution < 1.29 is 9.59 Å². The Morgan fingerprint density at radius 3 is 2.03 bits per heavy atom. The van der Waals surface area contributed by atoms with Crippen molar-refractivity contribution >= 4 is 23.1 Å². The summed E-state index contributed by atoms with van der Waals surface area (Å²) >= 11 is 0. The molecule has 1 fully saturated rings. The van der Waals surface area contributed by atoms with Crippen LogP contribution in [-0.2, 0) is 9.59 Å². The zero-order valence-electron chi connectivity index (χ0n) is 17.5. The molecule has 5 heteroatoms. The summed E-state index contributed by atoms with van der Waals surface area (Å²) in [7, 11) is 2.08. The van der Waals surface area contributed by atoms with E-state index in [1.165, 1.54) is 10.5 Å². The molecule has 2 heterocycles. The van der Waals surface area contributed by atoms with E-state index in [4.69, 9.17) is 0 Å². The number of amides is 2. The second-order valence-electron chi connectivity index (χ2n) is 8.09. The Hall–Kier alpha value is -2.92. The minimum Gasteiger partial charge on any atom is -0.364 e. The maximum atomic E-state index is 13.5. The van der Waals surface area contributed by atoms with Crippen molar-refractivity contribution in [1.82, 2.24) is 9.80 Å². The van der Waals surface area contributed by atoms with Gasteiger partial charge in [0.2, 0.25) is 0 Å². The van der Waals surface area contributed by atoms with Crippen LogP contribution >= 0.6 is 0 Å². The van der Waals surface area contributed by atoms with Crippen molar-refractivity contribution in [1.29, 1.82) is 0 Å². The number of nitrogens with zero attached hydrogens (tertiary/aromatic N) is 3. The number of rotatable bonds is 3. The molecule has 0 atom stereocenters. The summed E-state index contributed by atoms with van der Waals surface area (Å²) in [6, 6.07) is 13.5. The molecule has 0 aliphatic carbocycles. The summed E-state index contributed by atoms with van der Waals surface area (Å²) in [6.45, 7) is 9.29. The molecule has 2 aromatic carbocycles. The Balaban J connectivity index is 1.82. The van der Waals surface area contributed by atoms with Gasteiger partial charge in [0.1, 0.15) is 5.70 Å². The van der Waals surface area contributed by atoms with Gasteiger partial charge in [0.25, 0.3) is 11.8 Å². The number of benzene rings is 2. The molecule has 0 radical (unpaired) electrons. The highest BCUT2D eigenvalue weighted by atomic mass is 16.2. The van der Waals surface area contributed by atoms with Crippen LogP contribution < -0.4 is 4.90 Å². The molecular formula is C24H27N3O2. The van der Waals surface area contributed by atoms with Crippen LogP contribution in [0.1, 0.15) is 22.3 Å². The van der Waals surface area contributed by atoms with Crippen molar-refractivity contribution in [2.24, 2.45) is 0 Å². The third-order valence-electron chi connectivity index (χ3n) is 5.97. The standard InChI is InChI=1S/C24H27N3O2/c1-16-5-9-20(10-6-16)27-23(28)21(19-8-7-17(2)18(3)15-19)22(24(27)29)26-13-11-25(4)12-14-26/h5-10,15H,11-14H2,1-4H3. The monoisotopic (exact) mass is 389 g/mol. The van der Waals surface area contributed by atoms with Crippen molar-refractivity contribution in [3.8, 4) is 0 Å². The number of anilines is 1. The number of aryl methyl sites for hydroxylation is 3. The number of carbonyl (C=O) groups is 2. The average Bonchev–Trinajstić information content (AvgIpc) is 2.96. The van der Waals surface area contributed by atoms with E-state index in [-0.39, 0.29) is 11.8 Å². The molecule has 2 aliphatic heterocycles. The zero-order chi connectivity index (χ0) is 20.7. The van der Waals surface area contributed by atoms with E-state index in [1.54, 1.807) is 0 Å². The Kier molecular flexibility index (Phi) is 5.01. The van der Waals surface area contributed by atoms with Crippen molar-refractivity contribution in [3.63, 3.8) is 0 Å². The zero-order valence-corrected chi connectivity index (χ0v) is 17.5. The predicted molar refractivity (Wildman–Crippen MR) is 116 cm³/mol. The lowest BCUT2D eigenvalue weighted by atomic mass is 9.99. The quantitative estimate of drug-likeness (QED) is 0.757. The smallest absolute Gasteiger partial charge is 0.282 e. The SMILES string of the molecule is Cc1ccc(N2C(=O)C(c3ccc(C)c(C)c3)=C(N3CCN(C)CC3)C2=O)cc1. The van der Waals surface area contributed by atoms with Gasteiger partial charge in [-0.05, 0) is 56.6 Å². The van der Waals surface area contributed by atoms with E-state index in [1.807, 2.05) is 56.3 Å². The van der Waals surface area contributed by atoms with E-state index >= 15 is 0 Å². The number of hydrogen-bond donors (Lipinski definition) is 0. The molecule has 2 amide bonds. The van der Waals surface area contributed by atoms with Crippen LogP contribution in [0, 0.1) is 20.8 Å². The van der Waals surface area contributed by atoms with Crippen LogP contribution in [0.3, 0.4) is 0 Å². The van der Waals surface area contributed by atoms with Crippen LogP contribution in [-0.4, -0.2) is 54.8 Å². The summed E-state index contributed by atoms with van der Waals surface area (Å²) < 4.78 is 0. The van der Waals surface area contributed by atoms with Gasteiger partial charge in [-0.2, -0.15) is 0 Å². The van der Waals surface area contributed by atoms with Crippen LogP contribution in [0.5, 0.6) is 0 Å². The molecule has 5 nitrogen and oxygen atoms in total. The fourth-order valence-corrected chi connectivity index (χ4v) is 3.93. The predicted octanol–water partition coefficient (Wildman–Crippen LogP) is 3.14. The Morgan fingerprint density at radius 1 is 0.759 bits per heavy atom. The Bertz CT molecular complexity index is 999. The first-order valence-electron chi connectivity index (χ1n) is 10.1. The third kappa shape index (κ3) is 3.47. The molecule has 1 saturated heterocycles. The molecule has 29 heavy (non-hydrogen) atoms. The van der Waals surface area contributed by atoms with E-state index < -0.39 is 0 Å². The number of likely N-dealkylation sites (N-methyl/N-ethyl adjacent to an activating group) is 1. The minimum atomic E-state index is -0.240. The van der Waals surface area contributed by atoms with Gasteiger partial charge in [-0.1, -0.05) is 35.9 Å². The maximum absolute atomic E-state index is 13.5. The molecule has 4 rings (SSSR count). The van der Waals surface area contributed by atoms with Gasteiger partial charge in [0.05, 0.1) is 11.3 Å². The van der Waals surface area contributed by atoms with Crippen molar-refractivity contribution in [3.05, 3.63) is 70.4 Å². The highest BCUT2D eigenvalue weighted by Gasteiger charge is 2.42. The normalized spacial score (nSPS) is 18.2. The van der Waals surface area contributed by atoms with E-state index in [9.17, 15) is 9.59 Å². The van der Waals surface area contributed by atoms with Gasteiger partial charge in [0.15, 0.2) is 0 Å². The molecule has 2 aromatic rings. The molecule has 0 spiro atoms. The summed E-state index contributed by atoms with van der Waals surface area (Å²) in [5, 5.41) is 0. The second-order valence-corrected chi connectivity index (χ2v) is 8.09. The number of carbonyl (C=O) groups excluding carboxylic acids is 2. The molecule has 0 bridgehead atoms. The first-order valence-corrected chi connectivity index (χ1v) is 10.1.